The van der Waals surface area contributed by atoms with Crippen molar-refractivity contribution >= 4 is 41.7 Å². The van der Waals surface area contributed by atoms with E-state index in [0.29, 0.717) is 5.92 Å². The topological polar surface area (TPSA) is 65.7 Å². The fourth-order valence-electron chi connectivity index (χ4n) is 3.61. The van der Waals surface area contributed by atoms with Crippen molar-refractivity contribution in [2.24, 2.45) is 10.9 Å². The summed E-state index contributed by atoms with van der Waals surface area (Å²) in [5, 5.41) is 6.86. The molecule has 0 bridgehead atoms. The van der Waals surface area contributed by atoms with Gasteiger partial charge in [-0.25, -0.2) is 9.37 Å². The first-order valence-electron chi connectivity index (χ1n) is 11.0. The van der Waals surface area contributed by atoms with Crippen LogP contribution in [-0.2, 0) is 6.54 Å². The molecule has 32 heavy (non-hydrogen) atoms. The number of thioether (sulfide) groups is 1. The van der Waals surface area contributed by atoms with E-state index >= 15 is 0 Å². The number of hydrogen-bond acceptors (Lipinski definition) is 5. The molecule has 0 saturated carbocycles. The maximum absolute atomic E-state index is 12.9. The minimum atomic E-state index is -0.189. The summed E-state index contributed by atoms with van der Waals surface area (Å²) in [7, 11) is 1.81. The van der Waals surface area contributed by atoms with Crippen molar-refractivity contribution in [3.05, 3.63) is 47.4 Å². The molecule has 0 amide bonds. The Bertz CT molecular complexity index is 818. The number of oxazole rings is 1. The SMILES string of the molecule is CN=C(NCCCSc1ccc(F)cc1)NCC1CCN(Cc2nc(C)c(C)o2)CC1.I. The zero-order chi connectivity index (χ0) is 22.1. The summed E-state index contributed by atoms with van der Waals surface area (Å²) < 4.78 is 18.7. The van der Waals surface area contributed by atoms with Crippen molar-refractivity contribution in [1.82, 2.24) is 20.5 Å². The Morgan fingerprint density at radius 1 is 1.22 bits per heavy atom. The number of benzene rings is 1. The number of halogens is 2. The number of rotatable bonds is 9. The van der Waals surface area contributed by atoms with E-state index in [4.69, 9.17) is 4.42 Å². The van der Waals surface area contributed by atoms with Gasteiger partial charge in [0.2, 0.25) is 5.89 Å². The summed E-state index contributed by atoms with van der Waals surface area (Å²) in [5.41, 5.74) is 0.988. The Hall–Kier alpha value is -1.33. The lowest BCUT2D eigenvalue weighted by atomic mass is 9.97. The van der Waals surface area contributed by atoms with Crippen LogP contribution < -0.4 is 10.6 Å². The van der Waals surface area contributed by atoms with Gasteiger partial charge >= 0.3 is 0 Å². The molecule has 1 saturated heterocycles. The number of nitrogens with zero attached hydrogens (tertiary/aromatic N) is 3. The van der Waals surface area contributed by atoms with Crippen LogP contribution in [0.3, 0.4) is 0 Å². The van der Waals surface area contributed by atoms with Crippen LogP contribution in [0.1, 0.15) is 36.6 Å². The van der Waals surface area contributed by atoms with Crippen LogP contribution in [0.4, 0.5) is 4.39 Å². The van der Waals surface area contributed by atoms with Crippen LogP contribution in [0.5, 0.6) is 0 Å². The lowest BCUT2D eigenvalue weighted by molar-refractivity contribution is 0.164. The highest BCUT2D eigenvalue weighted by Crippen LogP contribution is 2.20. The van der Waals surface area contributed by atoms with E-state index in [-0.39, 0.29) is 29.8 Å². The minimum Gasteiger partial charge on any atom is -0.444 e. The molecule has 3 rings (SSSR count). The van der Waals surface area contributed by atoms with Gasteiger partial charge in [-0.1, -0.05) is 0 Å². The van der Waals surface area contributed by atoms with Crippen molar-refractivity contribution in [2.75, 3.05) is 39.0 Å². The van der Waals surface area contributed by atoms with E-state index in [9.17, 15) is 4.39 Å². The molecule has 6 nitrogen and oxygen atoms in total. The van der Waals surface area contributed by atoms with Crippen molar-refractivity contribution in [2.45, 2.75) is 44.6 Å². The van der Waals surface area contributed by atoms with E-state index < -0.39 is 0 Å². The number of aliphatic imine (C=N–C) groups is 1. The van der Waals surface area contributed by atoms with Gasteiger partial charge in [-0.05, 0) is 82.1 Å². The molecule has 2 N–H and O–H groups in total. The molecule has 1 aliphatic rings. The summed E-state index contributed by atoms with van der Waals surface area (Å²) in [6.07, 6.45) is 3.34. The largest absolute Gasteiger partial charge is 0.444 e. The Labute approximate surface area is 212 Å². The smallest absolute Gasteiger partial charge is 0.208 e. The molecule has 1 aliphatic heterocycles. The number of guanidine groups is 1. The lowest BCUT2D eigenvalue weighted by Gasteiger charge is -2.31. The van der Waals surface area contributed by atoms with Crippen LogP contribution in [0, 0.1) is 25.6 Å². The summed E-state index contributed by atoms with van der Waals surface area (Å²) in [5.74, 6) is 4.05. The van der Waals surface area contributed by atoms with Gasteiger partial charge in [0.1, 0.15) is 11.6 Å². The molecular weight excluding hydrogens is 540 g/mol. The van der Waals surface area contributed by atoms with E-state index in [1.165, 1.54) is 12.1 Å². The van der Waals surface area contributed by atoms with Gasteiger partial charge in [-0.2, -0.15) is 0 Å². The molecule has 178 valence electrons. The molecule has 2 aromatic rings. The van der Waals surface area contributed by atoms with Gasteiger partial charge in [0.05, 0.1) is 12.2 Å². The van der Waals surface area contributed by atoms with E-state index in [1.54, 1.807) is 11.8 Å². The molecule has 0 atom stereocenters. The Morgan fingerprint density at radius 2 is 1.94 bits per heavy atom. The molecule has 0 unspecified atom stereocenters. The van der Waals surface area contributed by atoms with Gasteiger partial charge in [0.25, 0.3) is 0 Å². The van der Waals surface area contributed by atoms with Gasteiger partial charge in [-0.15, -0.1) is 35.7 Å². The summed E-state index contributed by atoms with van der Waals surface area (Å²) in [6, 6.07) is 6.66. The lowest BCUT2D eigenvalue weighted by Crippen LogP contribution is -2.43. The molecular formula is C23H35FIN5OS. The number of hydrogen-bond donors (Lipinski definition) is 2. The minimum absolute atomic E-state index is 0. The Kier molecular flexibility index (Phi) is 11.8. The highest BCUT2D eigenvalue weighted by Gasteiger charge is 2.21. The number of aryl methyl sites for hydroxylation is 2. The van der Waals surface area contributed by atoms with Crippen LogP contribution in [0.25, 0.3) is 0 Å². The van der Waals surface area contributed by atoms with Crippen molar-refractivity contribution in [3.63, 3.8) is 0 Å². The van der Waals surface area contributed by atoms with E-state index in [1.807, 2.05) is 33.0 Å². The maximum atomic E-state index is 12.9. The van der Waals surface area contributed by atoms with Gasteiger partial charge in [0, 0.05) is 25.0 Å². The summed E-state index contributed by atoms with van der Waals surface area (Å²) in [4.78, 5) is 12.4. The summed E-state index contributed by atoms with van der Waals surface area (Å²) in [6.45, 7) is 8.70. The molecule has 0 spiro atoms. The van der Waals surface area contributed by atoms with Crippen LogP contribution in [-0.4, -0.2) is 54.8 Å². The van der Waals surface area contributed by atoms with Crippen molar-refractivity contribution in [3.8, 4) is 0 Å². The maximum Gasteiger partial charge on any atom is 0.208 e. The fraction of sp³-hybridized carbons (Fsp3) is 0.565. The number of aromatic nitrogens is 1. The summed E-state index contributed by atoms with van der Waals surface area (Å²) >= 11 is 1.74. The second kappa shape index (κ2) is 14.0. The normalized spacial score (nSPS) is 15.4. The quantitative estimate of drug-likeness (QED) is 0.150. The molecule has 1 aromatic heterocycles. The zero-order valence-electron chi connectivity index (χ0n) is 19.2. The first kappa shape index (κ1) is 26.9. The third-order valence-electron chi connectivity index (χ3n) is 5.62. The molecule has 0 aliphatic carbocycles. The molecule has 9 heteroatoms. The van der Waals surface area contributed by atoms with Gasteiger partial charge < -0.3 is 15.1 Å². The molecule has 0 radical (unpaired) electrons. The van der Waals surface area contributed by atoms with Crippen molar-refractivity contribution in [1.29, 1.82) is 0 Å². The van der Waals surface area contributed by atoms with Crippen LogP contribution >= 0.6 is 35.7 Å². The average Bonchev–Trinajstić information content (AvgIpc) is 3.09. The number of nitrogens with one attached hydrogen (secondary N) is 2. The molecule has 1 fully saturated rings. The standard InChI is InChI=1S/C23H34FN5OS.HI/c1-17-18(2)30-22(28-17)16-29-12-9-19(10-13-29)15-27-23(25-3)26-11-4-14-31-21-7-5-20(24)6-8-21;/h5-8,19H,4,9-16H2,1-3H3,(H2,25,26,27);1H. The molecule has 2 heterocycles. The average molecular weight is 576 g/mol. The second-order valence-corrected chi connectivity index (χ2v) is 9.17. The van der Waals surface area contributed by atoms with Crippen LogP contribution in [0.2, 0.25) is 0 Å². The van der Waals surface area contributed by atoms with Gasteiger partial charge in [-0.3, -0.25) is 9.89 Å². The Morgan fingerprint density at radius 3 is 2.56 bits per heavy atom. The third-order valence-corrected chi connectivity index (χ3v) is 6.71. The Balaban J connectivity index is 0.00000363. The van der Waals surface area contributed by atoms with E-state index in [2.05, 4.69) is 25.5 Å². The first-order valence-corrected chi connectivity index (χ1v) is 12.0. The fourth-order valence-corrected chi connectivity index (χ4v) is 4.46. The van der Waals surface area contributed by atoms with Crippen LogP contribution in [0.15, 0.2) is 38.6 Å². The molecule has 1 aromatic carbocycles. The predicted octanol–water partition coefficient (Wildman–Crippen LogP) is 4.61. The predicted molar refractivity (Wildman–Crippen MR) is 140 cm³/mol. The third kappa shape index (κ3) is 8.90. The highest BCUT2D eigenvalue weighted by molar-refractivity contribution is 14.0. The monoisotopic (exact) mass is 575 g/mol. The first-order chi connectivity index (χ1) is 15.0. The number of piperidine rings is 1. The highest BCUT2D eigenvalue weighted by atomic mass is 127. The van der Waals surface area contributed by atoms with Crippen molar-refractivity contribution < 1.29 is 8.81 Å². The number of likely N-dealkylation sites (tertiary alicyclic amines) is 1. The van der Waals surface area contributed by atoms with Gasteiger partial charge in [0.15, 0.2) is 5.96 Å². The zero-order valence-corrected chi connectivity index (χ0v) is 22.3. The van der Waals surface area contributed by atoms with E-state index in [0.717, 1.165) is 85.9 Å². The second-order valence-electron chi connectivity index (χ2n) is 8.00.